The molecule has 0 bridgehead atoms. The van der Waals surface area contributed by atoms with Crippen molar-refractivity contribution in [3.05, 3.63) is 12.7 Å². The van der Waals surface area contributed by atoms with Gasteiger partial charge in [0, 0.05) is 6.54 Å². The van der Waals surface area contributed by atoms with E-state index in [-0.39, 0.29) is 18.5 Å². The van der Waals surface area contributed by atoms with E-state index in [1.807, 2.05) is 0 Å². The normalized spacial score (nSPS) is 11.8. The molecule has 2 N–H and O–H groups in total. The third-order valence-corrected chi connectivity index (χ3v) is 1.55. The summed E-state index contributed by atoms with van der Waals surface area (Å²) >= 11 is 0. The molecule has 0 aliphatic heterocycles. The highest BCUT2D eigenvalue weighted by Gasteiger charge is 2.09. The highest BCUT2D eigenvalue weighted by Crippen LogP contribution is 1.82. The largest absolute Gasteiger partial charge is 0.354 e. The van der Waals surface area contributed by atoms with E-state index in [0.717, 1.165) is 12.7 Å². The topological polar surface area (TPSA) is 58.2 Å². The van der Waals surface area contributed by atoms with E-state index in [1.54, 1.807) is 13.0 Å². The molecule has 0 spiro atoms. The fraction of sp³-hybridized carbons (Fsp3) is 0.556. The molecule has 0 aromatic heterocycles. The fourth-order valence-electron chi connectivity index (χ4n) is 0.768. The van der Waals surface area contributed by atoms with Crippen molar-refractivity contribution in [2.24, 2.45) is 0 Å². The molecule has 4 heteroatoms. The molecule has 1 atom stereocenters. The second-order valence-electron chi connectivity index (χ2n) is 2.66. The van der Waals surface area contributed by atoms with E-state index in [9.17, 15) is 9.59 Å². The Morgan fingerprint density at radius 1 is 1.62 bits per heavy atom. The van der Waals surface area contributed by atoms with Crippen LogP contribution in [0.2, 0.25) is 0 Å². The summed E-state index contributed by atoms with van der Waals surface area (Å²) in [5.41, 5.74) is 0. The molecule has 1 amide bonds. The molecule has 0 aromatic carbocycles. The van der Waals surface area contributed by atoms with Gasteiger partial charge in [-0.2, -0.15) is 0 Å². The van der Waals surface area contributed by atoms with E-state index in [0.29, 0.717) is 6.54 Å². The minimum atomic E-state index is -0.324. The molecule has 4 nitrogen and oxygen atoms in total. The van der Waals surface area contributed by atoms with Crippen LogP contribution in [0.5, 0.6) is 0 Å². The number of hydrogen-bond acceptors (Lipinski definition) is 3. The van der Waals surface area contributed by atoms with Crippen LogP contribution >= 0.6 is 0 Å². The van der Waals surface area contributed by atoms with Crippen LogP contribution in [0.4, 0.5) is 0 Å². The van der Waals surface area contributed by atoms with Gasteiger partial charge in [-0.25, -0.2) is 0 Å². The molecule has 74 valence electrons. The summed E-state index contributed by atoms with van der Waals surface area (Å²) in [5, 5.41) is 5.46. The van der Waals surface area contributed by atoms with Gasteiger partial charge in [0.05, 0.1) is 12.6 Å². The summed E-state index contributed by atoms with van der Waals surface area (Å²) in [5.74, 6) is -0.0938. The molecule has 0 aliphatic rings. The predicted octanol–water partition coefficient (Wildman–Crippen LogP) is -0.144. The zero-order chi connectivity index (χ0) is 10.1. The molecule has 0 saturated carbocycles. The second kappa shape index (κ2) is 7.49. The predicted molar refractivity (Wildman–Crippen MR) is 51.4 cm³/mol. The van der Waals surface area contributed by atoms with Crippen LogP contribution in [0.25, 0.3) is 0 Å². The Morgan fingerprint density at radius 2 is 2.31 bits per heavy atom. The van der Waals surface area contributed by atoms with Crippen molar-refractivity contribution in [1.29, 1.82) is 0 Å². The lowest BCUT2D eigenvalue weighted by Gasteiger charge is -2.11. The standard InChI is InChI=1S/C9H16N2O2/c1-3-4-5-11-9(13)8(2)10-6-7-12/h3,7-8,10H,1,4-6H2,2H3,(H,11,13). The number of carbonyl (C=O) groups excluding carboxylic acids is 2. The maximum absolute atomic E-state index is 11.2. The number of carbonyl (C=O) groups is 2. The van der Waals surface area contributed by atoms with Gasteiger partial charge in [0.2, 0.25) is 5.91 Å². The number of hydrogen-bond donors (Lipinski definition) is 2. The summed E-state index contributed by atoms with van der Waals surface area (Å²) in [6.07, 6.45) is 3.23. The minimum Gasteiger partial charge on any atom is -0.354 e. The SMILES string of the molecule is C=CCCNC(=O)C(C)NCC=O. The average molecular weight is 184 g/mol. The maximum atomic E-state index is 11.2. The van der Waals surface area contributed by atoms with Crippen LogP contribution in [0.1, 0.15) is 13.3 Å². The van der Waals surface area contributed by atoms with E-state index in [2.05, 4.69) is 17.2 Å². The number of amides is 1. The third-order valence-electron chi connectivity index (χ3n) is 1.55. The Balaban J connectivity index is 3.55. The van der Waals surface area contributed by atoms with Crippen LogP contribution in [0.15, 0.2) is 12.7 Å². The van der Waals surface area contributed by atoms with Crippen molar-refractivity contribution in [1.82, 2.24) is 10.6 Å². The second-order valence-corrected chi connectivity index (χ2v) is 2.66. The summed E-state index contributed by atoms with van der Waals surface area (Å²) in [6, 6.07) is -0.324. The highest BCUT2D eigenvalue weighted by atomic mass is 16.2. The van der Waals surface area contributed by atoms with Gasteiger partial charge < -0.3 is 10.1 Å². The van der Waals surface area contributed by atoms with Crippen molar-refractivity contribution in [2.45, 2.75) is 19.4 Å². The molecule has 0 aromatic rings. The van der Waals surface area contributed by atoms with E-state index in [1.165, 1.54) is 0 Å². The summed E-state index contributed by atoms with van der Waals surface area (Å²) in [7, 11) is 0. The zero-order valence-corrected chi connectivity index (χ0v) is 7.88. The van der Waals surface area contributed by atoms with Gasteiger partial charge in [-0.15, -0.1) is 6.58 Å². The van der Waals surface area contributed by atoms with Crippen LogP contribution in [-0.4, -0.2) is 31.3 Å². The van der Waals surface area contributed by atoms with E-state index < -0.39 is 0 Å². The first kappa shape index (κ1) is 11.8. The minimum absolute atomic E-state index is 0.0938. The quantitative estimate of drug-likeness (QED) is 0.329. The van der Waals surface area contributed by atoms with Gasteiger partial charge in [-0.1, -0.05) is 6.08 Å². The molecule has 13 heavy (non-hydrogen) atoms. The molecule has 0 fully saturated rings. The fourth-order valence-corrected chi connectivity index (χ4v) is 0.768. The van der Waals surface area contributed by atoms with Crippen LogP contribution in [0.3, 0.4) is 0 Å². The molecule has 0 heterocycles. The molecule has 0 radical (unpaired) electrons. The number of rotatable bonds is 7. The smallest absolute Gasteiger partial charge is 0.236 e. The van der Waals surface area contributed by atoms with Gasteiger partial charge in [-0.3, -0.25) is 10.1 Å². The van der Waals surface area contributed by atoms with Crippen LogP contribution in [-0.2, 0) is 9.59 Å². The molecule has 1 unspecified atom stereocenters. The van der Waals surface area contributed by atoms with Crippen molar-refractivity contribution >= 4 is 12.2 Å². The Labute approximate surface area is 78.4 Å². The van der Waals surface area contributed by atoms with Gasteiger partial charge >= 0.3 is 0 Å². The summed E-state index contributed by atoms with van der Waals surface area (Å²) in [6.45, 7) is 6.05. The van der Waals surface area contributed by atoms with Crippen LogP contribution in [0, 0.1) is 0 Å². The van der Waals surface area contributed by atoms with Gasteiger partial charge in [0.15, 0.2) is 0 Å². The number of nitrogens with one attached hydrogen (secondary N) is 2. The lowest BCUT2D eigenvalue weighted by atomic mass is 10.3. The highest BCUT2D eigenvalue weighted by molar-refractivity contribution is 5.81. The van der Waals surface area contributed by atoms with Gasteiger partial charge in [-0.05, 0) is 13.3 Å². The van der Waals surface area contributed by atoms with Crippen molar-refractivity contribution in [3.63, 3.8) is 0 Å². The lowest BCUT2D eigenvalue weighted by molar-refractivity contribution is -0.122. The van der Waals surface area contributed by atoms with Crippen molar-refractivity contribution in [3.8, 4) is 0 Å². The molecular formula is C9H16N2O2. The first-order valence-electron chi connectivity index (χ1n) is 4.28. The zero-order valence-electron chi connectivity index (χ0n) is 7.88. The van der Waals surface area contributed by atoms with Crippen molar-refractivity contribution < 1.29 is 9.59 Å². The Bertz CT molecular complexity index is 180. The molecule has 0 rings (SSSR count). The molecule has 0 saturated heterocycles. The lowest BCUT2D eigenvalue weighted by Crippen LogP contribution is -2.42. The third kappa shape index (κ3) is 6.04. The number of aldehydes is 1. The van der Waals surface area contributed by atoms with E-state index in [4.69, 9.17) is 0 Å². The first-order valence-corrected chi connectivity index (χ1v) is 4.28. The van der Waals surface area contributed by atoms with Gasteiger partial charge in [0.1, 0.15) is 6.29 Å². The summed E-state index contributed by atoms with van der Waals surface area (Å²) < 4.78 is 0. The molecule has 0 aliphatic carbocycles. The molecular weight excluding hydrogens is 168 g/mol. The summed E-state index contributed by atoms with van der Waals surface area (Å²) in [4.78, 5) is 21.2. The van der Waals surface area contributed by atoms with Crippen molar-refractivity contribution in [2.75, 3.05) is 13.1 Å². The van der Waals surface area contributed by atoms with Gasteiger partial charge in [0.25, 0.3) is 0 Å². The maximum Gasteiger partial charge on any atom is 0.236 e. The average Bonchev–Trinajstić information content (AvgIpc) is 2.14. The van der Waals surface area contributed by atoms with Crippen LogP contribution < -0.4 is 10.6 Å². The Hall–Kier alpha value is -1.16. The monoisotopic (exact) mass is 184 g/mol. The Morgan fingerprint density at radius 3 is 2.85 bits per heavy atom. The first-order chi connectivity index (χ1) is 6.22. The van der Waals surface area contributed by atoms with E-state index >= 15 is 0 Å². The Kier molecular flexibility index (Phi) is 6.82.